The van der Waals surface area contributed by atoms with E-state index < -0.39 is 0 Å². The highest BCUT2D eigenvalue weighted by atomic mass is 32.1. The molecule has 0 aromatic carbocycles. The van der Waals surface area contributed by atoms with Crippen LogP contribution in [0.1, 0.15) is 65.3 Å². The molecule has 0 spiro atoms. The molecule has 0 unspecified atom stereocenters. The van der Waals surface area contributed by atoms with Gasteiger partial charge in [0.15, 0.2) is 0 Å². The van der Waals surface area contributed by atoms with E-state index in [4.69, 9.17) is 5.73 Å². The third-order valence-electron chi connectivity index (χ3n) is 5.37. The van der Waals surface area contributed by atoms with Gasteiger partial charge in [-0.15, -0.1) is 45.3 Å². The summed E-state index contributed by atoms with van der Waals surface area (Å²) in [6, 6.07) is 13.6. The molecule has 0 bridgehead atoms. The van der Waals surface area contributed by atoms with E-state index in [1.165, 1.54) is 50.1 Å². The summed E-state index contributed by atoms with van der Waals surface area (Å²) in [6.45, 7) is 15.3. The Morgan fingerprint density at radius 1 is 0.625 bits per heavy atom. The fraction of sp³-hybridized carbons (Fsp3) is 0.333. The first-order valence-corrected chi connectivity index (χ1v) is 14.1. The van der Waals surface area contributed by atoms with E-state index in [9.17, 15) is 0 Å². The van der Waals surface area contributed by atoms with Crippen molar-refractivity contribution in [2.24, 2.45) is 5.73 Å². The summed E-state index contributed by atoms with van der Waals surface area (Å²) in [5.74, 6) is 0. The normalized spacial score (nSPS) is 12.9. The third-order valence-corrected chi connectivity index (χ3v) is 11.1. The summed E-state index contributed by atoms with van der Waals surface area (Å²) in [5, 5.41) is 0. The molecule has 0 radical (unpaired) electrons. The monoisotopic (exact) mass is 497 g/mol. The second-order valence-electron chi connectivity index (χ2n) is 9.95. The molecule has 0 amide bonds. The zero-order valence-electron chi connectivity index (χ0n) is 19.8. The van der Waals surface area contributed by atoms with Gasteiger partial charge in [0, 0.05) is 44.6 Å². The van der Waals surface area contributed by atoms with Crippen LogP contribution in [0.4, 0.5) is 0 Å². The Labute approximate surface area is 208 Å². The minimum atomic E-state index is -0.291. The van der Waals surface area contributed by atoms with Crippen LogP contribution in [0.15, 0.2) is 36.4 Å². The quantitative estimate of drug-likeness (QED) is 0.292. The zero-order chi connectivity index (χ0) is 23.3. The van der Waals surface area contributed by atoms with Gasteiger partial charge < -0.3 is 5.73 Å². The molecular formula is C27H31NS4. The second kappa shape index (κ2) is 8.69. The summed E-state index contributed by atoms with van der Waals surface area (Å²) in [7, 11) is 0. The molecule has 4 rings (SSSR count). The predicted molar refractivity (Wildman–Crippen MR) is 150 cm³/mol. The van der Waals surface area contributed by atoms with Crippen molar-refractivity contribution in [3.05, 3.63) is 67.0 Å². The van der Waals surface area contributed by atoms with Crippen molar-refractivity contribution in [3.8, 4) is 19.5 Å². The molecule has 0 fully saturated rings. The van der Waals surface area contributed by atoms with E-state index in [0.29, 0.717) is 0 Å². The number of hydrogen-bond donors (Lipinski definition) is 1. The van der Waals surface area contributed by atoms with Crippen LogP contribution in [0.2, 0.25) is 0 Å². The van der Waals surface area contributed by atoms with Crippen molar-refractivity contribution in [3.63, 3.8) is 0 Å². The molecule has 0 saturated heterocycles. The lowest BCUT2D eigenvalue weighted by molar-refractivity contribution is 0.567. The predicted octanol–water partition coefficient (Wildman–Crippen LogP) is 9.55. The van der Waals surface area contributed by atoms with Crippen molar-refractivity contribution in [2.75, 3.05) is 0 Å². The minimum absolute atomic E-state index is 0.205. The Hall–Kier alpha value is -1.50. The smallest absolute Gasteiger partial charge is 0.0451 e. The van der Waals surface area contributed by atoms with Crippen LogP contribution in [0.3, 0.4) is 0 Å². The maximum absolute atomic E-state index is 6.29. The molecule has 32 heavy (non-hydrogen) atoms. The Morgan fingerprint density at radius 2 is 1.16 bits per heavy atom. The van der Waals surface area contributed by atoms with Crippen molar-refractivity contribution < 1.29 is 0 Å². The van der Waals surface area contributed by atoms with Crippen LogP contribution in [0.5, 0.6) is 0 Å². The lowest BCUT2D eigenvalue weighted by atomic mass is 9.95. The van der Waals surface area contributed by atoms with E-state index in [2.05, 4.69) is 97.0 Å². The van der Waals surface area contributed by atoms with Crippen molar-refractivity contribution >= 4 is 57.5 Å². The van der Waals surface area contributed by atoms with Gasteiger partial charge in [0.2, 0.25) is 0 Å². The number of aryl methyl sites for hydroxylation is 2. The summed E-state index contributed by atoms with van der Waals surface area (Å²) in [6.07, 6.45) is 4.51. The Kier molecular flexibility index (Phi) is 6.43. The molecule has 0 aliphatic heterocycles. The summed E-state index contributed by atoms with van der Waals surface area (Å²) in [4.78, 5) is 10.7. The molecule has 4 heterocycles. The first kappa shape index (κ1) is 23.7. The maximum Gasteiger partial charge on any atom is 0.0451 e. The number of nitrogens with two attached hydrogens (primary N) is 1. The van der Waals surface area contributed by atoms with Crippen molar-refractivity contribution in [2.45, 2.75) is 59.4 Å². The van der Waals surface area contributed by atoms with Crippen molar-refractivity contribution in [1.82, 2.24) is 0 Å². The number of hydrogen-bond acceptors (Lipinski definition) is 5. The lowest BCUT2D eigenvalue weighted by Gasteiger charge is -2.15. The zero-order valence-corrected chi connectivity index (χ0v) is 23.1. The minimum Gasteiger partial charge on any atom is -0.321 e. The largest absolute Gasteiger partial charge is 0.321 e. The van der Waals surface area contributed by atoms with Crippen LogP contribution in [-0.2, 0) is 11.0 Å². The molecule has 0 aliphatic rings. The molecule has 1 nitrogen and oxygen atoms in total. The van der Waals surface area contributed by atoms with Crippen LogP contribution in [0.25, 0.3) is 31.7 Å². The van der Waals surface area contributed by atoms with E-state index in [0.717, 1.165) is 0 Å². The van der Waals surface area contributed by atoms with Gasteiger partial charge in [-0.25, -0.2) is 0 Å². The molecule has 2 N–H and O–H groups in total. The fourth-order valence-corrected chi connectivity index (χ4v) is 7.80. The average Bonchev–Trinajstić information content (AvgIpc) is 3.45. The SMILES string of the molecule is Cc1cc(-c2ccc(-c3ccc(C(C)(C)C)s3)s2)sc1/C=C/c1sc(C(C)(C)N)cc1C. The Bertz CT molecular complexity index is 1260. The average molecular weight is 498 g/mol. The maximum atomic E-state index is 6.29. The number of rotatable bonds is 5. The molecule has 5 heteroatoms. The highest BCUT2D eigenvalue weighted by molar-refractivity contribution is 7.26. The Balaban J connectivity index is 1.56. The van der Waals surface area contributed by atoms with Gasteiger partial charge in [0.25, 0.3) is 0 Å². The molecule has 0 atom stereocenters. The molecule has 168 valence electrons. The van der Waals surface area contributed by atoms with Gasteiger partial charge >= 0.3 is 0 Å². The van der Waals surface area contributed by atoms with Gasteiger partial charge in [-0.3, -0.25) is 0 Å². The van der Waals surface area contributed by atoms with Gasteiger partial charge in [0.1, 0.15) is 0 Å². The summed E-state index contributed by atoms with van der Waals surface area (Å²) in [5.41, 5.74) is 8.83. The highest BCUT2D eigenvalue weighted by Crippen LogP contribution is 2.43. The molecule has 0 aliphatic carbocycles. The topological polar surface area (TPSA) is 26.0 Å². The van der Waals surface area contributed by atoms with Crippen LogP contribution >= 0.6 is 45.3 Å². The first-order valence-electron chi connectivity index (χ1n) is 10.8. The number of thiophene rings is 4. The molecule has 0 saturated carbocycles. The van der Waals surface area contributed by atoms with E-state index in [1.807, 2.05) is 34.0 Å². The molecular weight excluding hydrogens is 467 g/mol. The highest BCUT2D eigenvalue weighted by Gasteiger charge is 2.19. The van der Waals surface area contributed by atoms with Crippen LogP contribution < -0.4 is 5.73 Å². The van der Waals surface area contributed by atoms with Gasteiger partial charge in [0.05, 0.1) is 0 Å². The van der Waals surface area contributed by atoms with Crippen LogP contribution in [0, 0.1) is 13.8 Å². The third kappa shape index (κ3) is 5.02. The summed E-state index contributed by atoms with van der Waals surface area (Å²) < 4.78 is 0. The van der Waals surface area contributed by atoms with E-state index >= 15 is 0 Å². The first-order chi connectivity index (χ1) is 14.9. The van der Waals surface area contributed by atoms with Gasteiger partial charge in [-0.1, -0.05) is 20.8 Å². The molecule has 4 aromatic heterocycles. The second-order valence-corrected chi connectivity index (χ2v) is 14.3. The Morgan fingerprint density at radius 3 is 1.72 bits per heavy atom. The lowest BCUT2D eigenvalue weighted by Crippen LogP contribution is -2.27. The van der Waals surface area contributed by atoms with Gasteiger partial charge in [-0.2, -0.15) is 0 Å². The summed E-state index contributed by atoms with van der Waals surface area (Å²) >= 11 is 7.48. The fourth-order valence-electron chi connectivity index (χ4n) is 3.39. The van der Waals surface area contributed by atoms with E-state index in [1.54, 1.807) is 11.3 Å². The van der Waals surface area contributed by atoms with Gasteiger partial charge in [-0.05, 0) is 92.8 Å². The van der Waals surface area contributed by atoms with Crippen molar-refractivity contribution in [1.29, 1.82) is 0 Å². The molecule has 4 aromatic rings. The standard InChI is InChI=1S/C27H31NS4/c1-16-14-23(22-11-10-20(30-22)21-12-13-24(32-21)26(3,4)5)29-18(16)8-9-19-17(2)15-25(31-19)27(6,7)28/h8-15H,28H2,1-7H3/b9-8+. The van der Waals surface area contributed by atoms with Crippen LogP contribution in [-0.4, -0.2) is 0 Å². The van der Waals surface area contributed by atoms with E-state index in [-0.39, 0.29) is 11.0 Å².